The van der Waals surface area contributed by atoms with E-state index in [0.717, 1.165) is 17.0 Å². The second-order valence-electron chi connectivity index (χ2n) is 5.84. The summed E-state index contributed by atoms with van der Waals surface area (Å²) >= 11 is 0. The van der Waals surface area contributed by atoms with Crippen LogP contribution in [0.25, 0.3) is 0 Å². The fourth-order valence-electron chi connectivity index (χ4n) is 2.39. The lowest BCUT2D eigenvalue weighted by atomic mass is 10.2. The van der Waals surface area contributed by atoms with Crippen LogP contribution in [0.5, 0.6) is 5.75 Å². The van der Waals surface area contributed by atoms with Gasteiger partial charge in [-0.05, 0) is 43.7 Å². The number of nitrogens with zero attached hydrogens (tertiary/aromatic N) is 1. The molecule has 0 fully saturated rings. The number of halogens is 1. The standard InChI is InChI=1S/C20H19FN2O3/c1-13-14(2)26-19(23-13)11-22-20(24)17-5-3-4-6-18(17)25-12-15-7-9-16(21)10-8-15/h3-10H,11-12H2,1-2H3,(H,22,24). The van der Waals surface area contributed by atoms with Crippen LogP contribution in [0.15, 0.2) is 52.9 Å². The Morgan fingerprint density at radius 2 is 1.88 bits per heavy atom. The number of oxazole rings is 1. The van der Waals surface area contributed by atoms with Crippen molar-refractivity contribution in [3.8, 4) is 5.75 Å². The average molecular weight is 354 g/mol. The summed E-state index contributed by atoms with van der Waals surface area (Å²) in [5, 5.41) is 2.78. The molecule has 3 aromatic rings. The van der Waals surface area contributed by atoms with Crippen LogP contribution in [-0.4, -0.2) is 10.9 Å². The van der Waals surface area contributed by atoms with Gasteiger partial charge in [-0.15, -0.1) is 0 Å². The van der Waals surface area contributed by atoms with Gasteiger partial charge >= 0.3 is 0 Å². The fraction of sp³-hybridized carbons (Fsp3) is 0.200. The Hall–Kier alpha value is -3.15. The van der Waals surface area contributed by atoms with Crippen LogP contribution in [0.4, 0.5) is 4.39 Å². The molecule has 0 aliphatic carbocycles. The van der Waals surface area contributed by atoms with E-state index in [9.17, 15) is 9.18 Å². The van der Waals surface area contributed by atoms with Crippen LogP contribution in [0, 0.1) is 19.7 Å². The Morgan fingerprint density at radius 1 is 1.15 bits per heavy atom. The van der Waals surface area contributed by atoms with Crippen molar-refractivity contribution in [3.05, 3.63) is 82.8 Å². The lowest BCUT2D eigenvalue weighted by molar-refractivity contribution is 0.0942. The van der Waals surface area contributed by atoms with Crippen molar-refractivity contribution in [3.63, 3.8) is 0 Å². The van der Waals surface area contributed by atoms with Gasteiger partial charge in [0.05, 0.1) is 17.8 Å². The van der Waals surface area contributed by atoms with E-state index in [4.69, 9.17) is 9.15 Å². The summed E-state index contributed by atoms with van der Waals surface area (Å²) in [6, 6.07) is 13.0. The zero-order valence-corrected chi connectivity index (χ0v) is 14.6. The van der Waals surface area contributed by atoms with Gasteiger partial charge in [0.2, 0.25) is 5.89 Å². The first-order chi connectivity index (χ1) is 12.5. The van der Waals surface area contributed by atoms with E-state index < -0.39 is 0 Å². The first-order valence-corrected chi connectivity index (χ1v) is 8.20. The van der Waals surface area contributed by atoms with E-state index in [0.29, 0.717) is 17.2 Å². The number of aromatic nitrogens is 1. The van der Waals surface area contributed by atoms with Crippen LogP contribution in [0.1, 0.15) is 33.3 Å². The molecular weight excluding hydrogens is 335 g/mol. The van der Waals surface area contributed by atoms with Crippen molar-refractivity contribution in [1.82, 2.24) is 10.3 Å². The van der Waals surface area contributed by atoms with Gasteiger partial charge in [0.25, 0.3) is 5.91 Å². The lowest BCUT2D eigenvalue weighted by Crippen LogP contribution is -2.23. The second-order valence-corrected chi connectivity index (χ2v) is 5.84. The molecule has 26 heavy (non-hydrogen) atoms. The minimum absolute atomic E-state index is 0.194. The highest BCUT2D eigenvalue weighted by atomic mass is 19.1. The van der Waals surface area contributed by atoms with Crippen molar-refractivity contribution in [2.75, 3.05) is 0 Å². The Bertz CT molecular complexity index is 884. The number of carbonyl (C=O) groups is 1. The molecule has 3 rings (SSSR count). The van der Waals surface area contributed by atoms with Gasteiger partial charge in [0.15, 0.2) is 0 Å². The zero-order valence-electron chi connectivity index (χ0n) is 14.6. The van der Waals surface area contributed by atoms with Gasteiger partial charge in [0.1, 0.15) is 23.9 Å². The minimum atomic E-state index is -0.300. The van der Waals surface area contributed by atoms with Crippen molar-refractivity contribution in [2.45, 2.75) is 27.0 Å². The maximum atomic E-state index is 13.0. The predicted molar refractivity (Wildman–Crippen MR) is 94.3 cm³/mol. The molecule has 0 aliphatic heterocycles. The first-order valence-electron chi connectivity index (χ1n) is 8.20. The van der Waals surface area contributed by atoms with Crippen LogP contribution in [0.2, 0.25) is 0 Å². The number of amides is 1. The molecule has 134 valence electrons. The van der Waals surface area contributed by atoms with Crippen molar-refractivity contribution in [2.24, 2.45) is 0 Å². The molecule has 0 spiro atoms. The molecule has 1 heterocycles. The smallest absolute Gasteiger partial charge is 0.255 e. The van der Waals surface area contributed by atoms with Gasteiger partial charge in [-0.1, -0.05) is 24.3 Å². The Morgan fingerprint density at radius 3 is 2.58 bits per heavy atom. The summed E-state index contributed by atoms with van der Waals surface area (Å²) in [4.78, 5) is 16.7. The lowest BCUT2D eigenvalue weighted by Gasteiger charge is -2.11. The predicted octanol–water partition coefficient (Wildman–Crippen LogP) is 3.94. The van der Waals surface area contributed by atoms with E-state index in [2.05, 4.69) is 10.3 Å². The SMILES string of the molecule is Cc1nc(CNC(=O)c2ccccc2OCc2ccc(F)cc2)oc1C. The molecule has 5 nitrogen and oxygen atoms in total. The maximum absolute atomic E-state index is 13.0. The van der Waals surface area contributed by atoms with Gasteiger partial charge < -0.3 is 14.5 Å². The molecule has 1 aromatic heterocycles. The van der Waals surface area contributed by atoms with Crippen molar-refractivity contribution in [1.29, 1.82) is 0 Å². The summed E-state index contributed by atoms with van der Waals surface area (Å²) in [5.41, 5.74) is 2.03. The summed E-state index contributed by atoms with van der Waals surface area (Å²) in [5.74, 6) is 1.06. The van der Waals surface area contributed by atoms with Gasteiger partial charge in [0, 0.05) is 0 Å². The molecule has 0 saturated carbocycles. The van der Waals surface area contributed by atoms with Crippen molar-refractivity contribution >= 4 is 5.91 Å². The third-order valence-corrected chi connectivity index (χ3v) is 3.91. The van der Waals surface area contributed by atoms with Crippen molar-refractivity contribution < 1.29 is 18.3 Å². The molecule has 0 saturated heterocycles. The van der Waals surface area contributed by atoms with Crippen LogP contribution >= 0.6 is 0 Å². The van der Waals surface area contributed by atoms with E-state index in [1.807, 2.05) is 13.8 Å². The second kappa shape index (κ2) is 7.82. The largest absolute Gasteiger partial charge is 0.488 e. The summed E-state index contributed by atoms with van der Waals surface area (Å²) in [6.45, 7) is 4.11. The molecule has 0 atom stereocenters. The normalized spacial score (nSPS) is 10.6. The van der Waals surface area contributed by atoms with Crippen LogP contribution < -0.4 is 10.1 Å². The molecule has 0 bridgehead atoms. The Kier molecular flexibility index (Phi) is 5.31. The minimum Gasteiger partial charge on any atom is -0.488 e. The van der Waals surface area contributed by atoms with E-state index in [-0.39, 0.29) is 24.9 Å². The maximum Gasteiger partial charge on any atom is 0.255 e. The third kappa shape index (κ3) is 4.27. The first kappa shape index (κ1) is 17.7. The number of rotatable bonds is 6. The molecule has 2 aromatic carbocycles. The number of carbonyl (C=O) groups excluding carboxylic acids is 1. The number of nitrogens with one attached hydrogen (secondary N) is 1. The molecule has 0 unspecified atom stereocenters. The van der Waals surface area contributed by atoms with Gasteiger partial charge in [-0.25, -0.2) is 9.37 Å². The van der Waals surface area contributed by atoms with E-state index in [1.165, 1.54) is 12.1 Å². The van der Waals surface area contributed by atoms with E-state index >= 15 is 0 Å². The molecular formula is C20H19FN2O3. The highest BCUT2D eigenvalue weighted by Gasteiger charge is 2.14. The Balaban J connectivity index is 1.65. The number of hydrogen-bond donors (Lipinski definition) is 1. The molecule has 0 aliphatic rings. The van der Waals surface area contributed by atoms with Gasteiger partial charge in [-0.3, -0.25) is 4.79 Å². The molecule has 6 heteroatoms. The number of para-hydroxylation sites is 1. The number of ether oxygens (including phenoxy) is 1. The molecule has 1 amide bonds. The monoisotopic (exact) mass is 354 g/mol. The number of aryl methyl sites for hydroxylation is 2. The highest BCUT2D eigenvalue weighted by molar-refractivity contribution is 5.96. The molecule has 1 N–H and O–H groups in total. The fourth-order valence-corrected chi connectivity index (χ4v) is 2.39. The average Bonchev–Trinajstić information content (AvgIpc) is 2.97. The van der Waals surface area contributed by atoms with Crippen LogP contribution in [-0.2, 0) is 13.2 Å². The zero-order chi connectivity index (χ0) is 18.5. The summed E-state index contributed by atoms with van der Waals surface area (Å²) in [6.07, 6.45) is 0. The quantitative estimate of drug-likeness (QED) is 0.728. The highest BCUT2D eigenvalue weighted by Crippen LogP contribution is 2.20. The van der Waals surface area contributed by atoms with Gasteiger partial charge in [-0.2, -0.15) is 0 Å². The van der Waals surface area contributed by atoms with E-state index in [1.54, 1.807) is 36.4 Å². The van der Waals surface area contributed by atoms with Crippen LogP contribution in [0.3, 0.4) is 0 Å². The summed E-state index contributed by atoms with van der Waals surface area (Å²) < 4.78 is 24.2. The summed E-state index contributed by atoms with van der Waals surface area (Å²) in [7, 11) is 0. The number of benzene rings is 2. The number of hydrogen-bond acceptors (Lipinski definition) is 4. The third-order valence-electron chi connectivity index (χ3n) is 3.91. The Labute approximate surface area is 150 Å². The molecule has 0 radical (unpaired) electrons. The topological polar surface area (TPSA) is 64.4 Å².